The number of hydrogen-bond acceptors (Lipinski definition) is 3. The topological polar surface area (TPSA) is 67.4 Å². The van der Waals surface area contributed by atoms with Crippen molar-refractivity contribution in [2.45, 2.75) is 44.6 Å². The van der Waals surface area contributed by atoms with Gasteiger partial charge in [0.05, 0.1) is 5.69 Å². The molecule has 1 aromatic carbocycles. The van der Waals surface area contributed by atoms with Crippen LogP contribution in [0.2, 0.25) is 5.02 Å². The molecular formula is C18H21ClN2O3. The van der Waals surface area contributed by atoms with Gasteiger partial charge in [0.25, 0.3) is 17.4 Å². The number of halogens is 1. The maximum absolute atomic E-state index is 12.5. The van der Waals surface area contributed by atoms with E-state index in [1.807, 2.05) is 0 Å². The Bertz CT molecular complexity index is 702. The van der Waals surface area contributed by atoms with Crippen LogP contribution in [0.1, 0.15) is 39.0 Å². The van der Waals surface area contributed by atoms with Crippen molar-refractivity contribution >= 4 is 29.1 Å². The lowest BCUT2D eigenvalue weighted by Crippen LogP contribution is -2.58. The Morgan fingerprint density at radius 3 is 3.00 bits per heavy atom. The van der Waals surface area contributed by atoms with Crippen LogP contribution in [0, 0.1) is 0 Å². The highest BCUT2D eigenvalue weighted by Crippen LogP contribution is 2.35. The molecule has 0 saturated heterocycles. The second kappa shape index (κ2) is 6.85. The van der Waals surface area contributed by atoms with E-state index in [4.69, 9.17) is 16.3 Å². The van der Waals surface area contributed by atoms with Crippen molar-refractivity contribution in [1.29, 1.82) is 0 Å². The summed E-state index contributed by atoms with van der Waals surface area (Å²) in [5.74, 6) is -0.490. The summed E-state index contributed by atoms with van der Waals surface area (Å²) >= 11 is 5.91. The summed E-state index contributed by atoms with van der Waals surface area (Å²) < 4.78 is 5.69. The molecule has 2 N–H and O–H groups in total. The maximum atomic E-state index is 12.5. The molecule has 5 nitrogen and oxygen atoms in total. The summed E-state index contributed by atoms with van der Waals surface area (Å²) in [7, 11) is 0. The maximum Gasteiger partial charge on any atom is 0.278 e. The Labute approximate surface area is 146 Å². The van der Waals surface area contributed by atoms with Gasteiger partial charge >= 0.3 is 0 Å². The molecule has 24 heavy (non-hydrogen) atoms. The molecule has 0 fully saturated rings. The second-order valence-electron chi connectivity index (χ2n) is 6.34. The highest BCUT2D eigenvalue weighted by atomic mass is 35.5. The van der Waals surface area contributed by atoms with Crippen LogP contribution in [0.15, 0.2) is 29.8 Å². The van der Waals surface area contributed by atoms with Crippen molar-refractivity contribution in [3.05, 3.63) is 34.9 Å². The fourth-order valence-electron chi connectivity index (χ4n) is 2.98. The van der Waals surface area contributed by atoms with E-state index in [-0.39, 0.29) is 0 Å². The molecule has 0 bridgehead atoms. The van der Waals surface area contributed by atoms with Gasteiger partial charge in [0.1, 0.15) is 5.75 Å². The Balaban J connectivity index is 1.64. The SMILES string of the molecule is C[C@]1(C(=O)NCCC2=CCCCC2)Oc2ccc(Cl)cc2NC1=O. The molecule has 6 heteroatoms. The number of benzene rings is 1. The fraction of sp³-hybridized carbons (Fsp3) is 0.444. The third-order valence-corrected chi connectivity index (χ3v) is 4.72. The standard InChI is InChI=1S/C18H21ClN2O3/c1-18(16(22)20-10-9-12-5-3-2-4-6-12)17(23)21-14-11-13(19)7-8-15(14)24-18/h5,7-8,11H,2-4,6,9-10H2,1H3,(H,20,22)(H,21,23)/t18-/m1/s1. The van der Waals surface area contributed by atoms with Crippen LogP contribution in [0.3, 0.4) is 0 Å². The van der Waals surface area contributed by atoms with Gasteiger partial charge in [0.2, 0.25) is 0 Å². The van der Waals surface area contributed by atoms with Gasteiger partial charge in [-0.3, -0.25) is 9.59 Å². The minimum absolute atomic E-state index is 0.433. The molecule has 0 radical (unpaired) electrons. The summed E-state index contributed by atoms with van der Waals surface area (Å²) in [4.78, 5) is 24.9. The highest BCUT2D eigenvalue weighted by molar-refractivity contribution is 6.31. The lowest BCUT2D eigenvalue weighted by molar-refractivity contribution is -0.146. The molecule has 0 unspecified atom stereocenters. The molecule has 0 spiro atoms. The van der Waals surface area contributed by atoms with Gasteiger partial charge in [-0.1, -0.05) is 23.3 Å². The van der Waals surface area contributed by atoms with E-state index in [0.29, 0.717) is 23.0 Å². The van der Waals surface area contributed by atoms with Gasteiger partial charge in [-0.25, -0.2) is 0 Å². The summed E-state index contributed by atoms with van der Waals surface area (Å²) in [6, 6.07) is 4.91. The van der Waals surface area contributed by atoms with Crippen LogP contribution in [0.25, 0.3) is 0 Å². The predicted molar refractivity (Wildman–Crippen MR) is 93.3 cm³/mol. The quantitative estimate of drug-likeness (QED) is 0.647. The smallest absolute Gasteiger partial charge is 0.278 e. The zero-order valence-electron chi connectivity index (χ0n) is 13.7. The average Bonchev–Trinajstić information content (AvgIpc) is 2.57. The fourth-order valence-corrected chi connectivity index (χ4v) is 3.16. The molecule has 0 aromatic heterocycles. The van der Waals surface area contributed by atoms with Crippen LogP contribution in [-0.2, 0) is 9.59 Å². The van der Waals surface area contributed by atoms with Crippen molar-refractivity contribution < 1.29 is 14.3 Å². The van der Waals surface area contributed by atoms with Crippen molar-refractivity contribution in [3.63, 3.8) is 0 Å². The zero-order valence-corrected chi connectivity index (χ0v) is 14.4. The number of amides is 2. The van der Waals surface area contributed by atoms with Gasteiger partial charge in [0.15, 0.2) is 0 Å². The van der Waals surface area contributed by atoms with Crippen molar-refractivity contribution in [2.75, 3.05) is 11.9 Å². The molecule has 3 rings (SSSR count). The molecule has 2 aliphatic rings. The molecule has 128 valence electrons. The van der Waals surface area contributed by atoms with Crippen LogP contribution in [0.4, 0.5) is 5.69 Å². The first-order chi connectivity index (χ1) is 11.5. The number of hydrogen-bond donors (Lipinski definition) is 2. The highest BCUT2D eigenvalue weighted by Gasteiger charge is 2.47. The number of carbonyl (C=O) groups is 2. The van der Waals surface area contributed by atoms with E-state index in [0.717, 1.165) is 19.3 Å². The van der Waals surface area contributed by atoms with Crippen LogP contribution < -0.4 is 15.4 Å². The number of rotatable bonds is 4. The summed E-state index contributed by atoms with van der Waals surface area (Å²) in [5, 5.41) is 6.00. The van der Waals surface area contributed by atoms with E-state index < -0.39 is 17.4 Å². The number of ether oxygens (including phenoxy) is 1. The minimum atomic E-state index is -1.58. The van der Waals surface area contributed by atoms with Crippen LogP contribution in [-0.4, -0.2) is 24.0 Å². The van der Waals surface area contributed by atoms with E-state index >= 15 is 0 Å². The van der Waals surface area contributed by atoms with Crippen LogP contribution >= 0.6 is 11.6 Å². The van der Waals surface area contributed by atoms with E-state index in [1.54, 1.807) is 18.2 Å². The van der Waals surface area contributed by atoms with Gasteiger partial charge in [-0.15, -0.1) is 0 Å². The number of fused-ring (bicyclic) bond motifs is 1. The Kier molecular flexibility index (Phi) is 4.81. The van der Waals surface area contributed by atoms with E-state index in [1.165, 1.54) is 25.3 Å². The first kappa shape index (κ1) is 16.8. The minimum Gasteiger partial charge on any atom is -0.466 e. The first-order valence-corrected chi connectivity index (χ1v) is 8.63. The van der Waals surface area contributed by atoms with Gasteiger partial charge in [0, 0.05) is 11.6 Å². The van der Waals surface area contributed by atoms with Gasteiger partial charge < -0.3 is 15.4 Å². The third-order valence-electron chi connectivity index (χ3n) is 4.49. The summed E-state index contributed by atoms with van der Waals surface area (Å²) in [6.07, 6.45) is 7.73. The molecule has 1 heterocycles. The van der Waals surface area contributed by atoms with Gasteiger partial charge in [-0.05, 0) is 57.2 Å². The molecule has 2 amide bonds. The lowest BCUT2D eigenvalue weighted by atomic mass is 9.97. The number of allylic oxidation sites excluding steroid dienone is 1. The Hall–Kier alpha value is -2.01. The van der Waals surface area contributed by atoms with E-state index in [9.17, 15) is 9.59 Å². The number of carbonyl (C=O) groups excluding carboxylic acids is 2. The van der Waals surface area contributed by atoms with Gasteiger partial charge in [-0.2, -0.15) is 0 Å². The monoisotopic (exact) mass is 348 g/mol. The molecule has 1 aromatic rings. The van der Waals surface area contributed by atoms with Crippen molar-refractivity contribution in [2.24, 2.45) is 0 Å². The predicted octanol–water partition coefficient (Wildman–Crippen LogP) is 3.44. The zero-order chi connectivity index (χ0) is 17.2. The normalized spacial score (nSPS) is 22.8. The summed E-state index contributed by atoms with van der Waals surface area (Å²) in [6.45, 7) is 1.99. The number of anilines is 1. The first-order valence-electron chi connectivity index (χ1n) is 8.25. The number of nitrogens with one attached hydrogen (secondary N) is 2. The summed E-state index contributed by atoms with van der Waals surface area (Å²) in [5.41, 5.74) is 0.271. The molecule has 1 aliphatic heterocycles. The Morgan fingerprint density at radius 2 is 2.25 bits per heavy atom. The van der Waals surface area contributed by atoms with Crippen molar-refractivity contribution in [1.82, 2.24) is 5.32 Å². The largest absolute Gasteiger partial charge is 0.466 e. The Morgan fingerprint density at radius 1 is 1.42 bits per heavy atom. The average molecular weight is 349 g/mol. The molecular weight excluding hydrogens is 328 g/mol. The third kappa shape index (κ3) is 3.41. The molecule has 1 aliphatic carbocycles. The molecule has 0 saturated carbocycles. The van der Waals surface area contributed by atoms with Crippen LogP contribution in [0.5, 0.6) is 5.75 Å². The molecule has 1 atom stereocenters. The van der Waals surface area contributed by atoms with Crippen molar-refractivity contribution in [3.8, 4) is 5.75 Å². The van der Waals surface area contributed by atoms with E-state index in [2.05, 4.69) is 16.7 Å². The lowest BCUT2D eigenvalue weighted by Gasteiger charge is -2.33. The second-order valence-corrected chi connectivity index (χ2v) is 6.78.